The minimum atomic E-state index is -4.36. The number of carbonyl (C=O) groups excluding carboxylic acids is 2. The number of methoxy groups -OCH3 is 1. The minimum absolute atomic E-state index is 0.154. The van der Waals surface area contributed by atoms with E-state index in [9.17, 15) is 22.8 Å². The summed E-state index contributed by atoms with van der Waals surface area (Å²) in [4.78, 5) is 23.5. The first kappa shape index (κ1) is 20.5. The molecule has 0 saturated heterocycles. The first-order valence-electron chi connectivity index (χ1n) is 7.92. The van der Waals surface area contributed by atoms with E-state index in [4.69, 9.17) is 4.42 Å². The number of furan rings is 1. The van der Waals surface area contributed by atoms with Crippen molar-refractivity contribution in [3.05, 3.63) is 59.0 Å². The lowest BCUT2D eigenvalue weighted by molar-refractivity contribution is -0.176. The van der Waals surface area contributed by atoms with E-state index in [0.29, 0.717) is 5.56 Å². The van der Waals surface area contributed by atoms with Gasteiger partial charge >= 0.3 is 12.1 Å². The van der Waals surface area contributed by atoms with Crippen LogP contribution in [0.4, 0.5) is 13.2 Å². The maximum Gasteiger partial charge on any atom is 0.411 e. The molecule has 0 unspecified atom stereocenters. The van der Waals surface area contributed by atoms with Crippen molar-refractivity contribution >= 4 is 11.9 Å². The highest BCUT2D eigenvalue weighted by molar-refractivity contribution is 5.96. The number of carbonyl (C=O) groups is 2. The second-order valence-corrected chi connectivity index (χ2v) is 5.62. The number of esters is 1. The van der Waals surface area contributed by atoms with E-state index in [0.717, 1.165) is 5.56 Å². The molecule has 1 amide bonds. The molecule has 1 N–H and O–H groups in total. The van der Waals surface area contributed by atoms with Crippen LogP contribution in [0, 0.1) is 0 Å². The van der Waals surface area contributed by atoms with Crippen molar-refractivity contribution in [2.75, 3.05) is 13.7 Å². The fraction of sp³-hybridized carbons (Fsp3) is 0.333. The van der Waals surface area contributed by atoms with Crippen molar-refractivity contribution in [3.63, 3.8) is 0 Å². The van der Waals surface area contributed by atoms with Crippen molar-refractivity contribution in [2.24, 2.45) is 0 Å². The van der Waals surface area contributed by atoms with E-state index in [1.54, 1.807) is 24.3 Å². The lowest BCUT2D eigenvalue weighted by atomic mass is 10.1. The van der Waals surface area contributed by atoms with Gasteiger partial charge < -0.3 is 19.2 Å². The number of ether oxygens (including phenoxy) is 2. The largest absolute Gasteiger partial charge is 0.469 e. The molecule has 146 valence electrons. The monoisotopic (exact) mass is 385 g/mol. The Balaban J connectivity index is 1.85. The molecule has 0 aliphatic carbocycles. The summed E-state index contributed by atoms with van der Waals surface area (Å²) in [6.45, 7) is -1.26. The van der Waals surface area contributed by atoms with Crippen LogP contribution < -0.4 is 5.32 Å². The molecule has 9 heteroatoms. The third kappa shape index (κ3) is 6.78. The Kier molecular flexibility index (Phi) is 7.00. The number of alkyl halides is 3. The summed E-state index contributed by atoms with van der Waals surface area (Å²) in [5.41, 5.74) is 1.57. The van der Waals surface area contributed by atoms with E-state index in [2.05, 4.69) is 14.8 Å². The molecular weight excluding hydrogens is 367 g/mol. The maximum absolute atomic E-state index is 12.2. The summed E-state index contributed by atoms with van der Waals surface area (Å²) in [5, 5.41) is 2.68. The number of rotatable bonds is 8. The third-order valence-electron chi connectivity index (χ3n) is 3.53. The topological polar surface area (TPSA) is 77.8 Å². The van der Waals surface area contributed by atoms with E-state index in [1.807, 2.05) is 0 Å². The second-order valence-electron chi connectivity index (χ2n) is 5.62. The molecule has 0 spiro atoms. The molecule has 0 radical (unpaired) electrons. The van der Waals surface area contributed by atoms with Gasteiger partial charge in [-0.3, -0.25) is 9.59 Å². The Bertz CT molecular complexity index is 768. The van der Waals surface area contributed by atoms with Crippen LogP contribution in [0.3, 0.4) is 0 Å². The molecule has 1 aromatic heterocycles. The first-order chi connectivity index (χ1) is 12.8. The molecule has 1 aromatic carbocycles. The van der Waals surface area contributed by atoms with Gasteiger partial charge in [-0.05, 0) is 17.2 Å². The Morgan fingerprint density at radius 2 is 1.78 bits per heavy atom. The summed E-state index contributed by atoms with van der Waals surface area (Å²) >= 11 is 0. The zero-order chi connectivity index (χ0) is 19.9. The van der Waals surface area contributed by atoms with Crippen LogP contribution in [0.2, 0.25) is 0 Å². The van der Waals surface area contributed by atoms with Crippen LogP contribution in [-0.2, 0) is 33.8 Å². The number of benzene rings is 1. The number of halogens is 3. The Morgan fingerprint density at radius 3 is 2.41 bits per heavy atom. The zero-order valence-electron chi connectivity index (χ0n) is 14.5. The maximum atomic E-state index is 12.2. The second kappa shape index (κ2) is 9.22. The van der Waals surface area contributed by atoms with Crippen molar-refractivity contribution < 1.29 is 36.7 Å². The third-order valence-corrected chi connectivity index (χ3v) is 3.53. The van der Waals surface area contributed by atoms with Gasteiger partial charge in [0.2, 0.25) is 0 Å². The summed E-state index contributed by atoms with van der Waals surface area (Å²) in [6, 6.07) is 8.06. The predicted octanol–water partition coefficient (Wildman–Crippen LogP) is 3.00. The van der Waals surface area contributed by atoms with Gasteiger partial charge in [0.05, 0.1) is 25.5 Å². The molecule has 2 aromatic rings. The summed E-state index contributed by atoms with van der Waals surface area (Å²) in [5.74, 6) is -0.737. The number of amides is 1. The number of nitrogens with one attached hydrogen (secondary N) is 1. The van der Waals surface area contributed by atoms with Crippen LogP contribution in [0.25, 0.3) is 0 Å². The lowest BCUT2D eigenvalue weighted by Gasteiger charge is -2.09. The minimum Gasteiger partial charge on any atom is -0.469 e. The summed E-state index contributed by atoms with van der Waals surface area (Å²) < 4.78 is 50.4. The van der Waals surface area contributed by atoms with Gasteiger partial charge in [-0.1, -0.05) is 24.3 Å². The quantitative estimate of drug-likeness (QED) is 0.707. The summed E-state index contributed by atoms with van der Waals surface area (Å²) in [6.07, 6.45) is -3.20. The van der Waals surface area contributed by atoms with Gasteiger partial charge in [0.1, 0.15) is 18.8 Å². The normalized spacial score (nSPS) is 11.3. The molecule has 0 fully saturated rings. The van der Waals surface area contributed by atoms with Crippen LogP contribution in [0.15, 0.2) is 41.0 Å². The van der Waals surface area contributed by atoms with Crippen molar-refractivity contribution in [1.82, 2.24) is 5.32 Å². The Hall–Kier alpha value is -2.81. The Labute approximate surface area is 153 Å². The van der Waals surface area contributed by atoms with E-state index in [-0.39, 0.29) is 30.9 Å². The highest BCUT2D eigenvalue weighted by atomic mass is 19.4. The highest BCUT2D eigenvalue weighted by Crippen LogP contribution is 2.16. The van der Waals surface area contributed by atoms with Gasteiger partial charge in [0.15, 0.2) is 0 Å². The Morgan fingerprint density at radius 1 is 1.11 bits per heavy atom. The average molecular weight is 385 g/mol. The van der Waals surface area contributed by atoms with E-state index < -0.39 is 24.7 Å². The zero-order valence-corrected chi connectivity index (χ0v) is 14.5. The molecule has 0 aliphatic rings. The van der Waals surface area contributed by atoms with Crippen LogP contribution >= 0.6 is 0 Å². The SMILES string of the molecule is COC(=O)Cc1occc1C(=O)NCc1ccc(COCC(F)(F)F)cc1. The molecule has 27 heavy (non-hydrogen) atoms. The first-order valence-corrected chi connectivity index (χ1v) is 7.92. The predicted molar refractivity (Wildman–Crippen MR) is 87.8 cm³/mol. The van der Waals surface area contributed by atoms with E-state index >= 15 is 0 Å². The number of hydrogen-bond acceptors (Lipinski definition) is 5. The van der Waals surface area contributed by atoms with Gasteiger partial charge in [0, 0.05) is 6.54 Å². The molecule has 0 saturated carbocycles. The van der Waals surface area contributed by atoms with Gasteiger partial charge in [-0.15, -0.1) is 0 Å². The van der Waals surface area contributed by atoms with Crippen molar-refractivity contribution in [3.8, 4) is 0 Å². The fourth-order valence-electron chi connectivity index (χ4n) is 2.20. The van der Waals surface area contributed by atoms with Crippen molar-refractivity contribution in [1.29, 1.82) is 0 Å². The molecule has 2 rings (SSSR count). The van der Waals surface area contributed by atoms with Crippen LogP contribution in [-0.4, -0.2) is 31.8 Å². The van der Waals surface area contributed by atoms with Crippen LogP contribution in [0.5, 0.6) is 0 Å². The van der Waals surface area contributed by atoms with Crippen molar-refractivity contribution in [2.45, 2.75) is 25.7 Å². The van der Waals surface area contributed by atoms with E-state index in [1.165, 1.54) is 19.4 Å². The fourth-order valence-corrected chi connectivity index (χ4v) is 2.20. The van der Waals surface area contributed by atoms with Gasteiger partial charge in [0.25, 0.3) is 5.91 Å². The van der Waals surface area contributed by atoms with Gasteiger partial charge in [-0.25, -0.2) is 0 Å². The summed E-state index contributed by atoms with van der Waals surface area (Å²) in [7, 11) is 1.24. The van der Waals surface area contributed by atoms with Gasteiger partial charge in [-0.2, -0.15) is 13.2 Å². The average Bonchev–Trinajstić information content (AvgIpc) is 3.07. The molecule has 0 atom stereocenters. The molecule has 0 bridgehead atoms. The standard InChI is InChI=1S/C18H18F3NO5/c1-25-16(23)8-15-14(6-7-27-15)17(24)22-9-12-2-4-13(5-3-12)10-26-11-18(19,20)21/h2-7H,8-11H2,1H3,(H,22,24). The molecular formula is C18H18F3NO5. The van der Waals surface area contributed by atoms with Crippen LogP contribution in [0.1, 0.15) is 27.2 Å². The molecule has 1 heterocycles. The smallest absolute Gasteiger partial charge is 0.411 e. The molecule has 0 aliphatic heterocycles. The highest BCUT2D eigenvalue weighted by Gasteiger charge is 2.27. The molecule has 6 nitrogen and oxygen atoms in total. The number of hydrogen-bond donors (Lipinski definition) is 1. The lowest BCUT2D eigenvalue weighted by Crippen LogP contribution is -2.23.